The zero-order chi connectivity index (χ0) is 18.0. The molecule has 0 saturated heterocycles. The molecule has 0 spiro atoms. The van der Waals surface area contributed by atoms with Crippen LogP contribution in [0.5, 0.6) is 5.75 Å². The van der Waals surface area contributed by atoms with E-state index in [9.17, 15) is 21.6 Å². The molecule has 0 saturated carbocycles. The minimum Gasteiger partial charge on any atom is -0.495 e. The highest BCUT2D eigenvalue weighted by Gasteiger charge is 2.26. The van der Waals surface area contributed by atoms with Gasteiger partial charge in [-0.2, -0.15) is 0 Å². The summed E-state index contributed by atoms with van der Waals surface area (Å²) in [5.41, 5.74) is 0.159. The van der Waals surface area contributed by atoms with Gasteiger partial charge in [0.25, 0.3) is 0 Å². The Hall–Kier alpha value is -1.65. The predicted octanol–water partition coefficient (Wildman–Crippen LogP) is 0.317. The monoisotopic (exact) mass is 364 g/mol. The summed E-state index contributed by atoms with van der Waals surface area (Å²) in [6, 6.07) is 4.04. The highest BCUT2D eigenvalue weighted by atomic mass is 32.2. The molecule has 1 rings (SSSR count). The molecule has 0 bridgehead atoms. The van der Waals surface area contributed by atoms with E-state index in [0.717, 1.165) is 10.6 Å². The molecule has 8 nitrogen and oxygen atoms in total. The second-order valence-electron chi connectivity index (χ2n) is 5.11. The summed E-state index contributed by atoms with van der Waals surface area (Å²) >= 11 is 0. The minimum absolute atomic E-state index is 0.118. The third kappa shape index (κ3) is 4.43. The summed E-state index contributed by atoms with van der Waals surface area (Å²) in [6.07, 6.45) is 0.952. The largest absolute Gasteiger partial charge is 0.495 e. The normalized spacial score (nSPS) is 13.7. The standard InChI is InChI=1S/C13H20N2O6S2/c1-9(22(5,17)18)13(16)14-10-6-7-11(21-4)12(8-10)23(19,20)15(2)3/h6-9H,1-5H3,(H,14,16)/t9-/m0/s1. The van der Waals surface area contributed by atoms with Crippen molar-refractivity contribution in [2.45, 2.75) is 17.1 Å². The zero-order valence-corrected chi connectivity index (χ0v) is 15.2. The minimum atomic E-state index is -3.79. The van der Waals surface area contributed by atoms with Gasteiger partial charge in [0.15, 0.2) is 9.84 Å². The number of amides is 1. The Kier molecular flexibility index (Phi) is 5.78. The van der Waals surface area contributed by atoms with E-state index in [4.69, 9.17) is 4.74 Å². The molecule has 1 aromatic rings. The van der Waals surface area contributed by atoms with Gasteiger partial charge in [0.2, 0.25) is 15.9 Å². The second-order valence-corrected chi connectivity index (χ2v) is 9.60. The number of nitrogens with zero attached hydrogens (tertiary/aromatic N) is 1. The molecular weight excluding hydrogens is 344 g/mol. The van der Waals surface area contributed by atoms with Crippen LogP contribution in [0.3, 0.4) is 0 Å². The summed E-state index contributed by atoms with van der Waals surface area (Å²) in [4.78, 5) is 11.8. The van der Waals surface area contributed by atoms with Crippen LogP contribution in [0.4, 0.5) is 5.69 Å². The lowest BCUT2D eigenvalue weighted by Gasteiger charge is -2.16. The first kappa shape index (κ1) is 19.4. The molecule has 0 aliphatic carbocycles. The number of ether oxygens (including phenoxy) is 1. The molecule has 0 radical (unpaired) electrons. The van der Waals surface area contributed by atoms with Crippen LogP contribution in [0.2, 0.25) is 0 Å². The Morgan fingerprint density at radius 3 is 2.22 bits per heavy atom. The number of carbonyl (C=O) groups is 1. The van der Waals surface area contributed by atoms with Crippen LogP contribution in [0.25, 0.3) is 0 Å². The summed E-state index contributed by atoms with van der Waals surface area (Å²) in [5.74, 6) is -0.626. The molecular formula is C13H20N2O6S2. The Bertz CT molecular complexity index is 800. The van der Waals surface area contributed by atoms with E-state index < -0.39 is 31.0 Å². The summed E-state index contributed by atoms with van der Waals surface area (Å²) < 4.78 is 53.4. The topological polar surface area (TPSA) is 110 Å². The van der Waals surface area contributed by atoms with E-state index in [0.29, 0.717) is 0 Å². The molecule has 0 heterocycles. The van der Waals surface area contributed by atoms with Gasteiger partial charge in [-0.1, -0.05) is 0 Å². The molecule has 1 amide bonds. The number of hydrogen-bond donors (Lipinski definition) is 1. The fourth-order valence-corrected chi connectivity index (χ4v) is 3.11. The lowest BCUT2D eigenvalue weighted by atomic mass is 10.3. The number of anilines is 1. The molecule has 0 fully saturated rings. The third-order valence-electron chi connectivity index (χ3n) is 3.20. The number of carbonyl (C=O) groups excluding carboxylic acids is 1. The molecule has 23 heavy (non-hydrogen) atoms. The van der Waals surface area contributed by atoms with E-state index >= 15 is 0 Å². The maximum Gasteiger partial charge on any atom is 0.246 e. The first-order valence-electron chi connectivity index (χ1n) is 6.51. The van der Waals surface area contributed by atoms with Crippen LogP contribution in [0.15, 0.2) is 23.1 Å². The Balaban J connectivity index is 3.25. The Morgan fingerprint density at radius 2 is 1.78 bits per heavy atom. The van der Waals surface area contributed by atoms with Crippen LogP contribution in [-0.2, 0) is 24.7 Å². The van der Waals surface area contributed by atoms with Gasteiger partial charge >= 0.3 is 0 Å². The molecule has 130 valence electrons. The fourth-order valence-electron chi connectivity index (χ4n) is 1.59. The summed E-state index contributed by atoms with van der Waals surface area (Å²) in [5, 5.41) is 1.14. The van der Waals surface area contributed by atoms with Gasteiger partial charge in [-0.05, 0) is 25.1 Å². The molecule has 10 heteroatoms. The summed E-state index contributed by atoms with van der Waals surface area (Å²) in [6.45, 7) is 1.26. The van der Waals surface area contributed by atoms with Crippen LogP contribution < -0.4 is 10.1 Å². The molecule has 1 N–H and O–H groups in total. The van der Waals surface area contributed by atoms with Crippen molar-refractivity contribution in [1.82, 2.24) is 4.31 Å². The molecule has 0 aliphatic rings. The van der Waals surface area contributed by atoms with Crippen molar-refractivity contribution in [3.8, 4) is 5.75 Å². The van der Waals surface area contributed by atoms with E-state index in [-0.39, 0.29) is 16.3 Å². The second kappa shape index (κ2) is 6.85. The van der Waals surface area contributed by atoms with Crippen molar-refractivity contribution >= 4 is 31.5 Å². The van der Waals surface area contributed by atoms with Gasteiger partial charge in [-0.25, -0.2) is 21.1 Å². The third-order valence-corrected chi connectivity index (χ3v) is 6.54. The quantitative estimate of drug-likeness (QED) is 0.778. The number of rotatable bonds is 6. The number of benzene rings is 1. The SMILES string of the molecule is COc1ccc(NC(=O)[C@H](C)S(C)(=O)=O)cc1S(=O)(=O)N(C)C. The van der Waals surface area contributed by atoms with Crippen molar-refractivity contribution < 1.29 is 26.4 Å². The van der Waals surface area contributed by atoms with Crippen LogP contribution in [0.1, 0.15) is 6.92 Å². The van der Waals surface area contributed by atoms with Gasteiger partial charge in [0, 0.05) is 26.0 Å². The smallest absolute Gasteiger partial charge is 0.246 e. The number of methoxy groups -OCH3 is 1. The maximum absolute atomic E-state index is 12.3. The van der Waals surface area contributed by atoms with Crippen LogP contribution in [-0.4, -0.2) is 59.8 Å². The van der Waals surface area contributed by atoms with Crippen molar-refractivity contribution in [3.05, 3.63) is 18.2 Å². The highest BCUT2D eigenvalue weighted by Crippen LogP contribution is 2.29. The van der Waals surface area contributed by atoms with Crippen molar-refractivity contribution in [2.75, 3.05) is 32.8 Å². The fraction of sp³-hybridized carbons (Fsp3) is 0.462. The van der Waals surface area contributed by atoms with Gasteiger partial charge in [0.05, 0.1) is 7.11 Å². The Morgan fingerprint density at radius 1 is 1.22 bits per heavy atom. The number of sulfonamides is 1. The summed E-state index contributed by atoms with van der Waals surface area (Å²) in [7, 11) is -3.28. The first-order valence-corrected chi connectivity index (χ1v) is 9.91. The van der Waals surface area contributed by atoms with Crippen molar-refractivity contribution in [1.29, 1.82) is 0 Å². The number of hydrogen-bond acceptors (Lipinski definition) is 6. The highest BCUT2D eigenvalue weighted by molar-refractivity contribution is 7.92. The molecule has 0 aromatic heterocycles. The van der Waals surface area contributed by atoms with E-state index in [1.807, 2.05) is 0 Å². The van der Waals surface area contributed by atoms with Crippen molar-refractivity contribution in [2.24, 2.45) is 0 Å². The maximum atomic E-state index is 12.3. The van der Waals surface area contributed by atoms with E-state index in [1.54, 1.807) is 0 Å². The lowest BCUT2D eigenvalue weighted by molar-refractivity contribution is -0.115. The van der Waals surface area contributed by atoms with Crippen LogP contribution >= 0.6 is 0 Å². The molecule has 0 aliphatic heterocycles. The number of sulfone groups is 1. The van der Waals surface area contributed by atoms with Crippen molar-refractivity contribution in [3.63, 3.8) is 0 Å². The van der Waals surface area contributed by atoms with Gasteiger partial charge in [-0.3, -0.25) is 4.79 Å². The average molecular weight is 364 g/mol. The molecule has 1 aromatic carbocycles. The Labute approximate surface area is 136 Å². The van der Waals surface area contributed by atoms with Gasteiger partial charge < -0.3 is 10.1 Å². The van der Waals surface area contributed by atoms with Gasteiger partial charge in [0.1, 0.15) is 15.9 Å². The van der Waals surface area contributed by atoms with Gasteiger partial charge in [-0.15, -0.1) is 0 Å². The molecule has 0 unspecified atom stereocenters. The first-order chi connectivity index (χ1) is 10.4. The lowest BCUT2D eigenvalue weighted by Crippen LogP contribution is -2.32. The average Bonchev–Trinajstić information content (AvgIpc) is 2.45. The molecule has 1 atom stereocenters. The zero-order valence-electron chi connectivity index (χ0n) is 13.5. The predicted molar refractivity (Wildman–Crippen MR) is 86.8 cm³/mol. The number of nitrogens with one attached hydrogen (secondary N) is 1. The van der Waals surface area contributed by atoms with E-state index in [1.165, 1.54) is 46.3 Å². The van der Waals surface area contributed by atoms with Crippen LogP contribution in [0, 0.1) is 0 Å². The van der Waals surface area contributed by atoms with E-state index in [2.05, 4.69) is 5.32 Å².